The van der Waals surface area contributed by atoms with E-state index in [1.165, 1.54) is 82.4 Å². The van der Waals surface area contributed by atoms with E-state index in [1.807, 2.05) is 0 Å². The second-order valence-corrected chi connectivity index (χ2v) is 14.3. The minimum Gasteiger partial charge on any atom is -0.310 e. The summed E-state index contributed by atoms with van der Waals surface area (Å²) in [4.78, 5) is 2.39. The lowest BCUT2D eigenvalue weighted by Crippen LogP contribution is -2.26. The molecule has 9 aromatic rings. The van der Waals surface area contributed by atoms with Crippen molar-refractivity contribution in [3.63, 3.8) is 0 Å². The highest BCUT2D eigenvalue weighted by atomic mass is 15.1. The minimum atomic E-state index is -0.475. The summed E-state index contributed by atoms with van der Waals surface area (Å²) in [5.41, 5.74) is 15.2. The Morgan fingerprint density at radius 1 is 0.404 bits per heavy atom. The fourth-order valence-corrected chi connectivity index (χ4v) is 9.68. The van der Waals surface area contributed by atoms with E-state index < -0.39 is 5.41 Å². The summed E-state index contributed by atoms with van der Waals surface area (Å²) >= 11 is 0. The van der Waals surface area contributed by atoms with Crippen LogP contribution >= 0.6 is 0 Å². The third-order valence-electron chi connectivity index (χ3n) is 11.8. The summed E-state index contributed by atoms with van der Waals surface area (Å²) in [6.07, 6.45) is 1.02. The molecule has 0 N–H and O–H groups in total. The smallest absolute Gasteiger partial charge is 0.0737 e. The molecule has 1 heteroatoms. The molecule has 52 heavy (non-hydrogen) atoms. The predicted octanol–water partition coefficient (Wildman–Crippen LogP) is 13.5. The number of para-hydroxylation sites is 1. The van der Waals surface area contributed by atoms with Crippen LogP contribution in [0.3, 0.4) is 0 Å². The number of fused-ring (bicyclic) bond motifs is 17. The van der Waals surface area contributed by atoms with Gasteiger partial charge in [0, 0.05) is 17.1 Å². The second-order valence-electron chi connectivity index (χ2n) is 14.3. The molecule has 2 aliphatic rings. The zero-order chi connectivity index (χ0) is 34.4. The van der Waals surface area contributed by atoms with Gasteiger partial charge in [0.1, 0.15) is 0 Å². The van der Waals surface area contributed by atoms with Crippen molar-refractivity contribution in [1.82, 2.24) is 0 Å². The summed E-state index contributed by atoms with van der Waals surface area (Å²) in [5.74, 6) is 0. The lowest BCUT2D eigenvalue weighted by atomic mass is 9.68. The standard InChI is InChI=1S/C51H35N/c1-2-33-24-27-36(28-25-33)52(35-14-4-3-5-15-35)37-29-31-38-34(32-37)26-30-45-48-43-20-8-6-16-39(43)40-17-7-9-21-44(40)50(48)51(49(38)45)46-22-12-10-18-41(46)42-19-11-13-23-47(42)51/h3-32H,2H2,1H3. The van der Waals surface area contributed by atoms with Gasteiger partial charge in [-0.1, -0.05) is 153 Å². The number of anilines is 3. The number of hydrogen-bond donors (Lipinski definition) is 0. The summed E-state index contributed by atoms with van der Waals surface area (Å²) in [7, 11) is 0. The second kappa shape index (κ2) is 11.0. The molecule has 11 rings (SSSR count). The molecule has 0 fully saturated rings. The zero-order valence-corrected chi connectivity index (χ0v) is 29.0. The maximum atomic E-state index is 2.42. The summed E-state index contributed by atoms with van der Waals surface area (Å²) in [5, 5.41) is 7.80. The van der Waals surface area contributed by atoms with E-state index in [4.69, 9.17) is 0 Å². The van der Waals surface area contributed by atoms with E-state index in [2.05, 4.69) is 194 Å². The highest BCUT2D eigenvalue weighted by Crippen LogP contribution is 2.66. The van der Waals surface area contributed by atoms with Crippen LogP contribution in [0, 0.1) is 0 Å². The van der Waals surface area contributed by atoms with Crippen LogP contribution in [0.1, 0.15) is 34.7 Å². The van der Waals surface area contributed by atoms with Gasteiger partial charge < -0.3 is 4.90 Å². The first kappa shape index (κ1) is 29.3. The SMILES string of the molecule is CCc1ccc(N(c2ccccc2)c2ccc3c4c(ccc3c2)-c2c(c3ccccc3c3ccccc23)C42c3ccccc3-c3ccccc32)cc1. The largest absolute Gasteiger partial charge is 0.310 e. The third kappa shape index (κ3) is 3.83. The molecule has 0 radical (unpaired) electrons. The Balaban J connectivity index is 1.26. The Hall–Kier alpha value is -6.44. The first-order valence-corrected chi connectivity index (χ1v) is 18.4. The molecular weight excluding hydrogens is 627 g/mol. The fraction of sp³-hybridized carbons (Fsp3) is 0.0588. The van der Waals surface area contributed by atoms with Gasteiger partial charge in [-0.25, -0.2) is 0 Å². The molecule has 0 atom stereocenters. The van der Waals surface area contributed by atoms with Crippen molar-refractivity contribution in [2.45, 2.75) is 18.8 Å². The molecular formula is C51H35N. The summed E-state index contributed by atoms with van der Waals surface area (Å²) < 4.78 is 0. The van der Waals surface area contributed by atoms with Crippen LogP contribution in [0.5, 0.6) is 0 Å². The first-order chi connectivity index (χ1) is 25.8. The number of rotatable bonds is 4. The molecule has 1 nitrogen and oxygen atoms in total. The Bertz CT molecular complexity index is 2840. The van der Waals surface area contributed by atoms with Gasteiger partial charge in [0.05, 0.1) is 5.41 Å². The zero-order valence-electron chi connectivity index (χ0n) is 29.0. The van der Waals surface area contributed by atoms with E-state index in [9.17, 15) is 0 Å². The van der Waals surface area contributed by atoms with E-state index in [1.54, 1.807) is 0 Å². The summed E-state index contributed by atoms with van der Waals surface area (Å²) in [6, 6.07) is 68.1. The van der Waals surface area contributed by atoms with Gasteiger partial charge in [-0.2, -0.15) is 0 Å². The topological polar surface area (TPSA) is 3.24 Å². The average molecular weight is 662 g/mol. The highest BCUT2D eigenvalue weighted by Gasteiger charge is 2.53. The molecule has 2 aliphatic carbocycles. The maximum Gasteiger partial charge on any atom is 0.0737 e. The third-order valence-corrected chi connectivity index (χ3v) is 11.8. The molecule has 0 aliphatic heterocycles. The van der Waals surface area contributed by atoms with E-state index in [0.717, 1.165) is 23.5 Å². The normalized spacial score (nSPS) is 13.3. The molecule has 0 amide bonds. The molecule has 0 saturated carbocycles. The van der Waals surface area contributed by atoms with Crippen molar-refractivity contribution >= 4 is 49.4 Å². The molecule has 0 aromatic heterocycles. The number of benzene rings is 9. The lowest BCUT2D eigenvalue weighted by Gasteiger charge is -2.33. The number of aryl methyl sites for hydroxylation is 1. The van der Waals surface area contributed by atoms with Crippen LogP contribution in [0.2, 0.25) is 0 Å². The van der Waals surface area contributed by atoms with Gasteiger partial charge in [-0.3, -0.25) is 0 Å². The Labute approximate surface area is 304 Å². The lowest BCUT2D eigenvalue weighted by molar-refractivity contribution is 0.809. The Kier molecular flexibility index (Phi) is 6.22. The van der Waals surface area contributed by atoms with Crippen LogP contribution in [-0.4, -0.2) is 0 Å². The molecule has 0 unspecified atom stereocenters. The molecule has 9 aromatic carbocycles. The van der Waals surface area contributed by atoms with Crippen LogP contribution in [0.15, 0.2) is 182 Å². The van der Waals surface area contributed by atoms with Gasteiger partial charge in [-0.15, -0.1) is 0 Å². The van der Waals surface area contributed by atoms with Crippen molar-refractivity contribution < 1.29 is 0 Å². The van der Waals surface area contributed by atoms with Crippen LogP contribution in [-0.2, 0) is 11.8 Å². The van der Waals surface area contributed by atoms with Gasteiger partial charge in [-0.05, 0) is 125 Å². The monoisotopic (exact) mass is 661 g/mol. The van der Waals surface area contributed by atoms with Crippen LogP contribution in [0.25, 0.3) is 54.6 Å². The van der Waals surface area contributed by atoms with Gasteiger partial charge in [0.2, 0.25) is 0 Å². The molecule has 244 valence electrons. The highest BCUT2D eigenvalue weighted by molar-refractivity contribution is 6.21. The van der Waals surface area contributed by atoms with Crippen molar-refractivity contribution in [1.29, 1.82) is 0 Å². The summed E-state index contributed by atoms with van der Waals surface area (Å²) in [6.45, 7) is 2.21. The van der Waals surface area contributed by atoms with Crippen LogP contribution < -0.4 is 4.90 Å². The van der Waals surface area contributed by atoms with E-state index in [-0.39, 0.29) is 0 Å². The van der Waals surface area contributed by atoms with Crippen molar-refractivity contribution in [2.24, 2.45) is 0 Å². The number of nitrogens with zero attached hydrogens (tertiary/aromatic N) is 1. The van der Waals surface area contributed by atoms with Crippen LogP contribution in [0.4, 0.5) is 17.1 Å². The molecule has 0 bridgehead atoms. The average Bonchev–Trinajstić information content (AvgIpc) is 3.70. The van der Waals surface area contributed by atoms with Gasteiger partial charge in [0.25, 0.3) is 0 Å². The molecule has 0 heterocycles. The van der Waals surface area contributed by atoms with Gasteiger partial charge >= 0.3 is 0 Å². The van der Waals surface area contributed by atoms with E-state index in [0.29, 0.717) is 0 Å². The fourth-order valence-electron chi connectivity index (χ4n) is 9.68. The van der Waals surface area contributed by atoms with Crippen molar-refractivity contribution in [3.8, 4) is 22.3 Å². The van der Waals surface area contributed by atoms with Crippen molar-refractivity contribution in [2.75, 3.05) is 4.90 Å². The van der Waals surface area contributed by atoms with Crippen molar-refractivity contribution in [3.05, 3.63) is 210 Å². The molecule has 1 spiro atoms. The predicted molar refractivity (Wildman–Crippen MR) is 219 cm³/mol. The minimum absolute atomic E-state index is 0.475. The maximum absolute atomic E-state index is 2.42. The number of hydrogen-bond acceptors (Lipinski definition) is 1. The van der Waals surface area contributed by atoms with Gasteiger partial charge in [0.15, 0.2) is 0 Å². The Morgan fingerprint density at radius 2 is 0.962 bits per heavy atom. The quantitative estimate of drug-likeness (QED) is 0.170. The van der Waals surface area contributed by atoms with E-state index >= 15 is 0 Å². The first-order valence-electron chi connectivity index (χ1n) is 18.4. The Morgan fingerprint density at radius 3 is 1.65 bits per heavy atom. The molecule has 0 saturated heterocycles.